The number of halogens is 1. The first-order chi connectivity index (χ1) is 7.65. The standard InChI is InChI=1S/C10H13ClN4O/c1-6-5-8(11)14-10(13-6)15-9(16)7-3-2-4-12-7/h5,7,12H,2-4H2,1H3,(H,13,14,15,16)/t7-/m0/s1. The number of carbonyl (C=O) groups excluding carboxylic acids is 1. The zero-order valence-corrected chi connectivity index (χ0v) is 9.71. The van der Waals surface area contributed by atoms with Crippen LogP contribution in [-0.2, 0) is 4.79 Å². The van der Waals surface area contributed by atoms with Crippen LogP contribution in [0, 0.1) is 6.92 Å². The summed E-state index contributed by atoms with van der Waals surface area (Å²) in [5.41, 5.74) is 0.731. The summed E-state index contributed by atoms with van der Waals surface area (Å²) in [5.74, 6) is 0.169. The van der Waals surface area contributed by atoms with Crippen LogP contribution in [-0.4, -0.2) is 28.5 Å². The fourth-order valence-electron chi connectivity index (χ4n) is 1.69. The molecule has 1 aromatic rings. The van der Waals surface area contributed by atoms with Crippen LogP contribution in [0.2, 0.25) is 5.15 Å². The summed E-state index contributed by atoms with van der Waals surface area (Å²) < 4.78 is 0. The maximum Gasteiger partial charge on any atom is 0.243 e. The topological polar surface area (TPSA) is 66.9 Å². The van der Waals surface area contributed by atoms with Gasteiger partial charge in [0.05, 0.1) is 6.04 Å². The first-order valence-corrected chi connectivity index (χ1v) is 5.58. The zero-order chi connectivity index (χ0) is 11.5. The predicted octanol–water partition coefficient (Wildman–Crippen LogP) is 1.13. The van der Waals surface area contributed by atoms with Crippen LogP contribution in [0.25, 0.3) is 0 Å². The number of amides is 1. The molecule has 0 spiro atoms. The second-order valence-corrected chi connectivity index (χ2v) is 4.18. The van der Waals surface area contributed by atoms with Crippen molar-refractivity contribution in [1.29, 1.82) is 0 Å². The largest absolute Gasteiger partial charge is 0.306 e. The summed E-state index contributed by atoms with van der Waals surface area (Å²) in [5, 5.41) is 6.10. The summed E-state index contributed by atoms with van der Waals surface area (Å²) in [6.45, 7) is 2.69. The number of hydrogen-bond donors (Lipinski definition) is 2. The Labute approximate surface area is 98.6 Å². The molecule has 1 amide bonds. The molecule has 5 nitrogen and oxygen atoms in total. The van der Waals surface area contributed by atoms with Crippen molar-refractivity contribution in [3.8, 4) is 0 Å². The van der Waals surface area contributed by atoms with Gasteiger partial charge in [-0.25, -0.2) is 9.97 Å². The highest BCUT2D eigenvalue weighted by molar-refractivity contribution is 6.29. The lowest BCUT2D eigenvalue weighted by atomic mass is 10.2. The molecule has 16 heavy (non-hydrogen) atoms. The molecule has 0 unspecified atom stereocenters. The summed E-state index contributed by atoms with van der Waals surface area (Å²) >= 11 is 5.78. The van der Waals surface area contributed by atoms with Gasteiger partial charge >= 0.3 is 0 Å². The van der Waals surface area contributed by atoms with Crippen LogP contribution < -0.4 is 10.6 Å². The molecular formula is C10H13ClN4O. The van der Waals surface area contributed by atoms with E-state index in [2.05, 4.69) is 20.6 Å². The maximum atomic E-state index is 11.7. The highest BCUT2D eigenvalue weighted by atomic mass is 35.5. The Balaban J connectivity index is 2.05. The molecule has 2 heterocycles. The van der Waals surface area contributed by atoms with Gasteiger partial charge in [0.25, 0.3) is 0 Å². The van der Waals surface area contributed by atoms with Crippen molar-refractivity contribution in [1.82, 2.24) is 15.3 Å². The van der Waals surface area contributed by atoms with E-state index in [9.17, 15) is 4.79 Å². The number of nitrogens with zero attached hydrogens (tertiary/aromatic N) is 2. The van der Waals surface area contributed by atoms with E-state index in [1.54, 1.807) is 13.0 Å². The van der Waals surface area contributed by atoms with E-state index in [1.807, 2.05) is 0 Å². The molecule has 1 saturated heterocycles. The Morgan fingerprint density at radius 1 is 1.62 bits per heavy atom. The van der Waals surface area contributed by atoms with E-state index >= 15 is 0 Å². The van der Waals surface area contributed by atoms with Gasteiger partial charge in [-0.3, -0.25) is 10.1 Å². The van der Waals surface area contributed by atoms with Crippen molar-refractivity contribution < 1.29 is 4.79 Å². The fraction of sp³-hybridized carbons (Fsp3) is 0.500. The molecule has 2 rings (SSSR count). The average Bonchev–Trinajstić information content (AvgIpc) is 2.68. The lowest BCUT2D eigenvalue weighted by Crippen LogP contribution is -2.36. The van der Waals surface area contributed by atoms with Crippen molar-refractivity contribution >= 4 is 23.5 Å². The molecule has 1 fully saturated rings. The molecule has 0 aliphatic carbocycles. The molecule has 6 heteroatoms. The number of carbonyl (C=O) groups is 1. The number of rotatable bonds is 2. The molecule has 1 aromatic heterocycles. The van der Waals surface area contributed by atoms with Crippen LogP contribution in [0.5, 0.6) is 0 Å². The van der Waals surface area contributed by atoms with E-state index in [4.69, 9.17) is 11.6 Å². The second kappa shape index (κ2) is 4.76. The molecule has 2 N–H and O–H groups in total. The number of nitrogens with one attached hydrogen (secondary N) is 2. The monoisotopic (exact) mass is 240 g/mol. The van der Waals surface area contributed by atoms with Crippen LogP contribution in [0.3, 0.4) is 0 Å². The molecular weight excluding hydrogens is 228 g/mol. The number of anilines is 1. The van der Waals surface area contributed by atoms with Gasteiger partial charge in [-0.1, -0.05) is 11.6 Å². The van der Waals surface area contributed by atoms with Gasteiger partial charge in [0.1, 0.15) is 5.15 Å². The SMILES string of the molecule is Cc1cc(Cl)nc(NC(=O)[C@@H]2CCCN2)n1. The molecule has 0 radical (unpaired) electrons. The Morgan fingerprint density at radius 3 is 3.06 bits per heavy atom. The zero-order valence-electron chi connectivity index (χ0n) is 8.96. The van der Waals surface area contributed by atoms with Gasteiger partial charge in [-0.05, 0) is 32.4 Å². The third-order valence-corrected chi connectivity index (χ3v) is 2.63. The normalized spacial score (nSPS) is 19.8. The lowest BCUT2D eigenvalue weighted by molar-refractivity contribution is -0.117. The highest BCUT2D eigenvalue weighted by Gasteiger charge is 2.22. The van der Waals surface area contributed by atoms with Crippen LogP contribution in [0.1, 0.15) is 18.5 Å². The number of hydrogen-bond acceptors (Lipinski definition) is 4. The first-order valence-electron chi connectivity index (χ1n) is 5.20. The minimum absolute atomic E-state index is 0.0980. The number of aryl methyl sites for hydroxylation is 1. The first kappa shape index (κ1) is 11.3. The Morgan fingerprint density at radius 2 is 2.44 bits per heavy atom. The van der Waals surface area contributed by atoms with Crippen LogP contribution in [0.4, 0.5) is 5.95 Å². The van der Waals surface area contributed by atoms with Crippen molar-refractivity contribution in [2.75, 3.05) is 11.9 Å². The van der Waals surface area contributed by atoms with Crippen molar-refractivity contribution in [2.24, 2.45) is 0 Å². The van der Waals surface area contributed by atoms with E-state index < -0.39 is 0 Å². The quantitative estimate of drug-likeness (QED) is 0.761. The van der Waals surface area contributed by atoms with E-state index in [0.29, 0.717) is 5.15 Å². The van der Waals surface area contributed by atoms with Crippen molar-refractivity contribution in [3.05, 3.63) is 16.9 Å². The van der Waals surface area contributed by atoms with Crippen LogP contribution >= 0.6 is 11.6 Å². The molecule has 1 atom stereocenters. The second-order valence-electron chi connectivity index (χ2n) is 3.79. The summed E-state index contributed by atoms with van der Waals surface area (Å²) in [4.78, 5) is 19.8. The minimum atomic E-state index is -0.136. The van der Waals surface area contributed by atoms with Gasteiger partial charge in [-0.15, -0.1) is 0 Å². The minimum Gasteiger partial charge on any atom is -0.306 e. The predicted molar refractivity (Wildman–Crippen MR) is 61.4 cm³/mol. The number of aromatic nitrogens is 2. The van der Waals surface area contributed by atoms with E-state index in [1.165, 1.54) is 0 Å². The maximum absolute atomic E-state index is 11.7. The summed E-state index contributed by atoms with van der Waals surface area (Å²) in [7, 11) is 0. The smallest absolute Gasteiger partial charge is 0.243 e. The van der Waals surface area contributed by atoms with Gasteiger partial charge in [0, 0.05) is 5.69 Å². The molecule has 0 bridgehead atoms. The van der Waals surface area contributed by atoms with Crippen LogP contribution in [0.15, 0.2) is 6.07 Å². The Kier molecular flexibility index (Phi) is 3.36. The molecule has 86 valence electrons. The average molecular weight is 241 g/mol. The van der Waals surface area contributed by atoms with Gasteiger partial charge in [-0.2, -0.15) is 0 Å². The van der Waals surface area contributed by atoms with Crippen molar-refractivity contribution in [3.63, 3.8) is 0 Å². The third kappa shape index (κ3) is 2.68. The molecule has 0 saturated carbocycles. The third-order valence-electron chi connectivity index (χ3n) is 2.43. The summed E-state index contributed by atoms with van der Waals surface area (Å²) in [6.07, 6.45) is 1.87. The molecule has 0 aromatic carbocycles. The van der Waals surface area contributed by atoms with Gasteiger partial charge in [0.15, 0.2) is 0 Å². The lowest BCUT2D eigenvalue weighted by Gasteiger charge is -2.10. The van der Waals surface area contributed by atoms with Gasteiger partial charge < -0.3 is 5.32 Å². The highest BCUT2D eigenvalue weighted by Crippen LogP contribution is 2.11. The van der Waals surface area contributed by atoms with Crippen molar-refractivity contribution in [2.45, 2.75) is 25.8 Å². The molecule has 1 aliphatic rings. The van der Waals surface area contributed by atoms with Gasteiger partial charge in [0.2, 0.25) is 11.9 Å². The fourth-order valence-corrected chi connectivity index (χ4v) is 1.93. The Bertz CT molecular complexity index is 384. The van der Waals surface area contributed by atoms with E-state index in [0.717, 1.165) is 25.1 Å². The van der Waals surface area contributed by atoms with E-state index in [-0.39, 0.29) is 17.9 Å². The molecule has 1 aliphatic heterocycles. The summed E-state index contributed by atoms with van der Waals surface area (Å²) in [6, 6.07) is 1.51. The Hall–Kier alpha value is -1.20.